The van der Waals surface area contributed by atoms with Crippen LogP contribution in [0.15, 0.2) is 36.5 Å². The molecular formula is C14H16N2O3. The average Bonchev–Trinajstić information content (AvgIpc) is 2.76. The number of ether oxygens (including phenoxy) is 1. The lowest BCUT2D eigenvalue weighted by atomic mass is 10.3. The van der Waals surface area contributed by atoms with E-state index in [1.165, 1.54) is 0 Å². The molecule has 19 heavy (non-hydrogen) atoms. The third-order valence-corrected chi connectivity index (χ3v) is 2.45. The van der Waals surface area contributed by atoms with Crippen molar-refractivity contribution >= 4 is 5.97 Å². The zero-order valence-electron chi connectivity index (χ0n) is 10.9. The van der Waals surface area contributed by atoms with Crippen LogP contribution < -0.4 is 4.74 Å². The Labute approximate surface area is 111 Å². The molecule has 0 aliphatic heterocycles. The molecule has 0 atom stereocenters. The normalized spacial score (nSPS) is 10.7. The van der Waals surface area contributed by atoms with E-state index in [2.05, 4.69) is 5.10 Å². The number of carboxylic acids is 1. The van der Waals surface area contributed by atoms with Gasteiger partial charge in [0, 0.05) is 6.20 Å². The number of carbonyl (C=O) groups is 1. The summed E-state index contributed by atoms with van der Waals surface area (Å²) in [7, 11) is 0. The molecule has 5 heteroatoms. The van der Waals surface area contributed by atoms with Crippen molar-refractivity contribution in [1.82, 2.24) is 9.78 Å². The molecule has 1 N–H and O–H groups in total. The van der Waals surface area contributed by atoms with Crippen LogP contribution in [-0.4, -0.2) is 27.0 Å². The Bertz CT molecular complexity index is 558. The lowest BCUT2D eigenvalue weighted by Gasteiger charge is -2.10. The number of hydrogen-bond acceptors (Lipinski definition) is 3. The first-order valence-electron chi connectivity index (χ1n) is 6.08. The third kappa shape index (κ3) is 3.58. The van der Waals surface area contributed by atoms with Crippen LogP contribution in [0, 0.1) is 0 Å². The monoisotopic (exact) mass is 260 g/mol. The third-order valence-electron chi connectivity index (χ3n) is 2.45. The average molecular weight is 260 g/mol. The summed E-state index contributed by atoms with van der Waals surface area (Å²) in [6, 6.07) is 9.21. The molecule has 0 spiro atoms. The van der Waals surface area contributed by atoms with Gasteiger partial charge in [0.05, 0.1) is 23.9 Å². The molecule has 0 saturated heterocycles. The fraction of sp³-hybridized carbons (Fsp3) is 0.286. The quantitative estimate of drug-likeness (QED) is 0.895. The molecule has 0 radical (unpaired) electrons. The van der Waals surface area contributed by atoms with E-state index < -0.39 is 5.97 Å². The first-order valence-corrected chi connectivity index (χ1v) is 6.08. The van der Waals surface area contributed by atoms with Gasteiger partial charge in [-0.3, -0.25) is 4.79 Å². The van der Waals surface area contributed by atoms with E-state index in [0.29, 0.717) is 5.69 Å². The Morgan fingerprint density at radius 2 is 2.00 bits per heavy atom. The number of rotatable bonds is 5. The van der Waals surface area contributed by atoms with Crippen molar-refractivity contribution < 1.29 is 14.6 Å². The predicted molar refractivity (Wildman–Crippen MR) is 70.7 cm³/mol. The van der Waals surface area contributed by atoms with Gasteiger partial charge in [0.25, 0.3) is 0 Å². The summed E-state index contributed by atoms with van der Waals surface area (Å²) in [5, 5.41) is 12.9. The van der Waals surface area contributed by atoms with E-state index in [-0.39, 0.29) is 12.5 Å². The minimum atomic E-state index is -0.883. The van der Waals surface area contributed by atoms with Crippen LogP contribution in [0.5, 0.6) is 5.75 Å². The molecule has 1 heterocycles. The SMILES string of the molecule is CC(C)Oc1ccc(-n2ccc(CC(=O)O)n2)cc1. The Balaban J connectivity index is 2.13. The molecule has 0 aliphatic rings. The summed E-state index contributed by atoms with van der Waals surface area (Å²) in [6.45, 7) is 3.94. The minimum absolute atomic E-state index is 0.0679. The Morgan fingerprint density at radius 3 is 2.58 bits per heavy atom. The molecule has 0 unspecified atom stereocenters. The fourth-order valence-corrected chi connectivity index (χ4v) is 1.70. The standard InChI is InChI=1S/C14H16N2O3/c1-10(2)19-13-5-3-12(4-6-13)16-8-7-11(15-16)9-14(17)18/h3-8,10H,9H2,1-2H3,(H,17,18). The largest absolute Gasteiger partial charge is 0.491 e. The molecule has 5 nitrogen and oxygen atoms in total. The molecule has 0 saturated carbocycles. The molecular weight excluding hydrogens is 244 g/mol. The number of aromatic nitrogens is 2. The fourth-order valence-electron chi connectivity index (χ4n) is 1.70. The Kier molecular flexibility index (Phi) is 3.85. The van der Waals surface area contributed by atoms with Gasteiger partial charge in [-0.15, -0.1) is 0 Å². The summed E-state index contributed by atoms with van der Waals surface area (Å²) in [6.07, 6.45) is 1.82. The summed E-state index contributed by atoms with van der Waals surface area (Å²) in [4.78, 5) is 10.6. The molecule has 2 aromatic rings. The summed E-state index contributed by atoms with van der Waals surface area (Å²) < 4.78 is 7.21. The Hall–Kier alpha value is -2.30. The van der Waals surface area contributed by atoms with Crippen molar-refractivity contribution in [2.24, 2.45) is 0 Å². The van der Waals surface area contributed by atoms with E-state index in [9.17, 15) is 4.79 Å². The molecule has 1 aromatic carbocycles. The second kappa shape index (κ2) is 5.56. The molecule has 0 fully saturated rings. The summed E-state index contributed by atoms with van der Waals surface area (Å²) in [5.74, 6) is -0.0809. The van der Waals surface area contributed by atoms with Crippen LogP contribution >= 0.6 is 0 Å². The maximum absolute atomic E-state index is 10.6. The lowest BCUT2D eigenvalue weighted by molar-refractivity contribution is -0.136. The van der Waals surface area contributed by atoms with E-state index >= 15 is 0 Å². The van der Waals surface area contributed by atoms with Crippen molar-refractivity contribution in [2.45, 2.75) is 26.4 Å². The van der Waals surface area contributed by atoms with Gasteiger partial charge in [-0.2, -0.15) is 5.10 Å². The van der Waals surface area contributed by atoms with Gasteiger partial charge in [-0.1, -0.05) is 0 Å². The predicted octanol–water partition coefficient (Wildman–Crippen LogP) is 2.29. The minimum Gasteiger partial charge on any atom is -0.491 e. The second-order valence-corrected chi connectivity index (χ2v) is 4.48. The van der Waals surface area contributed by atoms with Gasteiger partial charge >= 0.3 is 5.97 Å². The van der Waals surface area contributed by atoms with Gasteiger partial charge in [0.1, 0.15) is 5.75 Å². The highest BCUT2D eigenvalue weighted by Crippen LogP contribution is 2.16. The molecule has 100 valence electrons. The first kappa shape index (κ1) is 13.1. The van der Waals surface area contributed by atoms with Gasteiger partial charge < -0.3 is 9.84 Å². The van der Waals surface area contributed by atoms with Crippen molar-refractivity contribution in [1.29, 1.82) is 0 Å². The molecule has 0 bridgehead atoms. The van der Waals surface area contributed by atoms with Crippen LogP contribution in [0.2, 0.25) is 0 Å². The Morgan fingerprint density at radius 1 is 1.32 bits per heavy atom. The smallest absolute Gasteiger partial charge is 0.309 e. The highest BCUT2D eigenvalue weighted by molar-refractivity contribution is 5.69. The van der Waals surface area contributed by atoms with Gasteiger partial charge in [0.15, 0.2) is 0 Å². The van der Waals surface area contributed by atoms with Crippen LogP contribution in [0.25, 0.3) is 5.69 Å². The zero-order valence-corrected chi connectivity index (χ0v) is 10.9. The first-order chi connectivity index (χ1) is 9.04. The molecule has 2 rings (SSSR count). The van der Waals surface area contributed by atoms with Crippen LogP contribution in [-0.2, 0) is 11.2 Å². The highest BCUT2D eigenvalue weighted by atomic mass is 16.5. The van der Waals surface area contributed by atoms with Crippen molar-refractivity contribution in [3.05, 3.63) is 42.2 Å². The maximum atomic E-state index is 10.6. The van der Waals surface area contributed by atoms with E-state index in [0.717, 1.165) is 11.4 Å². The van der Waals surface area contributed by atoms with Crippen molar-refractivity contribution in [3.8, 4) is 11.4 Å². The van der Waals surface area contributed by atoms with Gasteiger partial charge in [0.2, 0.25) is 0 Å². The lowest BCUT2D eigenvalue weighted by Crippen LogP contribution is -2.05. The number of carboxylic acid groups (broad SMARTS) is 1. The van der Waals surface area contributed by atoms with Crippen molar-refractivity contribution in [3.63, 3.8) is 0 Å². The van der Waals surface area contributed by atoms with Crippen LogP contribution in [0.1, 0.15) is 19.5 Å². The zero-order chi connectivity index (χ0) is 13.8. The number of nitrogens with zero attached hydrogens (tertiary/aromatic N) is 2. The van der Waals surface area contributed by atoms with Gasteiger partial charge in [-0.25, -0.2) is 4.68 Å². The second-order valence-electron chi connectivity index (χ2n) is 4.48. The van der Waals surface area contributed by atoms with E-state index in [1.807, 2.05) is 38.1 Å². The summed E-state index contributed by atoms with van der Waals surface area (Å²) in [5.41, 5.74) is 1.41. The molecule has 0 aliphatic carbocycles. The number of hydrogen-bond donors (Lipinski definition) is 1. The van der Waals surface area contributed by atoms with Crippen LogP contribution in [0.3, 0.4) is 0 Å². The maximum Gasteiger partial charge on any atom is 0.309 e. The number of benzene rings is 1. The number of aliphatic carboxylic acids is 1. The van der Waals surface area contributed by atoms with Crippen molar-refractivity contribution in [2.75, 3.05) is 0 Å². The van der Waals surface area contributed by atoms with E-state index in [4.69, 9.17) is 9.84 Å². The van der Waals surface area contributed by atoms with E-state index in [1.54, 1.807) is 16.9 Å². The molecule has 1 aromatic heterocycles. The highest BCUT2D eigenvalue weighted by Gasteiger charge is 2.05. The van der Waals surface area contributed by atoms with Gasteiger partial charge in [-0.05, 0) is 44.2 Å². The van der Waals surface area contributed by atoms with Crippen LogP contribution in [0.4, 0.5) is 0 Å². The summed E-state index contributed by atoms with van der Waals surface area (Å²) >= 11 is 0. The molecule has 0 amide bonds. The topological polar surface area (TPSA) is 64.3 Å².